The summed E-state index contributed by atoms with van der Waals surface area (Å²) in [5.74, 6) is 0.0742. The molecule has 0 aliphatic carbocycles. The summed E-state index contributed by atoms with van der Waals surface area (Å²) in [4.78, 5) is 27.1. The van der Waals surface area contributed by atoms with Crippen LogP contribution in [0.4, 0.5) is 0 Å². The van der Waals surface area contributed by atoms with Gasteiger partial charge < -0.3 is 15.1 Å². The van der Waals surface area contributed by atoms with Crippen LogP contribution in [0.5, 0.6) is 0 Å². The van der Waals surface area contributed by atoms with Crippen molar-refractivity contribution in [1.29, 1.82) is 0 Å². The summed E-state index contributed by atoms with van der Waals surface area (Å²) in [6.45, 7) is 6.48. The Labute approximate surface area is 110 Å². The zero-order valence-electron chi connectivity index (χ0n) is 11.7. The van der Waals surface area contributed by atoms with Gasteiger partial charge in [-0.1, -0.05) is 0 Å². The molecule has 2 amide bonds. The largest absolute Gasteiger partial charge is 0.342 e. The zero-order valence-corrected chi connectivity index (χ0v) is 11.7. The quantitative estimate of drug-likeness (QED) is 0.750. The topological polar surface area (TPSA) is 52.7 Å². The predicted molar refractivity (Wildman–Crippen MR) is 71.2 cm³/mol. The maximum absolute atomic E-state index is 11.9. The molecule has 1 N–H and O–H groups in total. The van der Waals surface area contributed by atoms with E-state index in [4.69, 9.17) is 0 Å². The van der Waals surface area contributed by atoms with Crippen LogP contribution in [0.15, 0.2) is 0 Å². The molecule has 0 radical (unpaired) electrons. The molecule has 0 bridgehead atoms. The Bertz CT molecular complexity index is 284. The molecule has 0 aromatic carbocycles. The van der Waals surface area contributed by atoms with E-state index in [1.807, 2.05) is 13.8 Å². The minimum Gasteiger partial charge on any atom is -0.342 e. The lowest BCUT2D eigenvalue weighted by atomic mass is 10.1. The molecule has 0 saturated carbocycles. The van der Waals surface area contributed by atoms with Crippen molar-refractivity contribution >= 4 is 11.8 Å². The third-order valence-electron chi connectivity index (χ3n) is 3.50. The van der Waals surface area contributed by atoms with Crippen LogP contribution < -0.4 is 5.32 Å². The fourth-order valence-corrected chi connectivity index (χ4v) is 2.26. The molecule has 1 atom stereocenters. The zero-order chi connectivity index (χ0) is 13.5. The molecule has 1 aliphatic rings. The number of nitrogens with zero attached hydrogens (tertiary/aromatic N) is 2. The van der Waals surface area contributed by atoms with Crippen LogP contribution in [0.3, 0.4) is 0 Å². The van der Waals surface area contributed by atoms with Crippen molar-refractivity contribution in [3.8, 4) is 0 Å². The van der Waals surface area contributed by atoms with Crippen molar-refractivity contribution in [2.75, 3.05) is 33.2 Å². The van der Waals surface area contributed by atoms with E-state index in [0.29, 0.717) is 25.6 Å². The van der Waals surface area contributed by atoms with Crippen molar-refractivity contribution in [3.63, 3.8) is 0 Å². The van der Waals surface area contributed by atoms with Crippen LogP contribution in [-0.2, 0) is 9.59 Å². The van der Waals surface area contributed by atoms with Crippen molar-refractivity contribution in [3.05, 3.63) is 0 Å². The first-order valence-electron chi connectivity index (χ1n) is 6.83. The van der Waals surface area contributed by atoms with Crippen LogP contribution in [0.1, 0.15) is 33.1 Å². The molecule has 18 heavy (non-hydrogen) atoms. The second-order valence-corrected chi connectivity index (χ2v) is 4.81. The Hall–Kier alpha value is -1.10. The van der Waals surface area contributed by atoms with Crippen LogP contribution in [0, 0.1) is 0 Å². The van der Waals surface area contributed by atoms with Crippen molar-refractivity contribution in [2.45, 2.75) is 39.2 Å². The first kappa shape index (κ1) is 15.0. The number of nitrogens with one attached hydrogen (secondary N) is 1. The fraction of sp³-hybridized carbons (Fsp3) is 0.846. The summed E-state index contributed by atoms with van der Waals surface area (Å²) in [6, 6.07) is 0.295. The summed E-state index contributed by atoms with van der Waals surface area (Å²) in [5, 5.41) is 3.30. The highest BCUT2D eigenvalue weighted by Gasteiger charge is 2.21. The maximum Gasteiger partial charge on any atom is 0.242 e. The third kappa shape index (κ3) is 4.29. The third-order valence-corrected chi connectivity index (χ3v) is 3.50. The number of hydrogen-bond acceptors (Lipinski definition) is 3. The highest BCUT2D eigenvalue weighted by molar-refractivity contribution is 5.84. The normalized spacial score (nSPS) is 18.7. The SMILES string of the molecule is CCN(CC)C(=O)CN(C)C(=O)CC1CCCN1. The van der Waals surface area contributed by atoms with Crippen LogP contribution in [-0.4, -0.2) is 60.9 Å². The number of likely N-dealkylation sites (N-methyl/N-ethyl adjacent to an activating group) is 2. The highest BCUT2D eigenvalue weighted by atomic mass is 16.2. The van der Waals surface area contributed by atoms with Gasteiger partial charge in [0, 0.05) is 32.6 Å². The number of rotatable bonds is 6. The number of carbonyl (C=O) groups excluding carboxylic acids is 2. The summed E-state index contributed by atoms with van der Waals surface area (Å²) < 4.78 is 0. The van der Waals surface area contributed by atoms with Gasteiger partial charge in [0.05, 0.1) is 6.54 Å². The number of amides is 2. The molecular weight excluding hydrogens is 230 g/mol. The molecule has 5 heteroatoms. The van der Waals surface area contributed by atoms with Gasteiger partial charge in [0.2, 0.25) is 11.8 Å². The molecule has 0 aromatic rings. The molecule has 1 rings (SSSR count). The standard InChI is InChI=1S/C13H25N3O2/c1-4-16(5-2)13(18)10-15(3)12(17)9-11-7-6-8-14-11/h11,14H,4-10H2,1-3H3. The van der Waals surface area contributed by atoms with Gasteiger partial charge in [-0.3, -0.25) is 9.59 Å². The molecule has 0 spiro atoms. The number of hydrogen-bond donors (Lipinski definition) is 1. The Morgan fingerprint density at radius 3 is 2.39 bits per heavy atom. The molecule has 104 valence electrons. The number of carbonyl (C=O) groups is 2. The van der Waals surface area contributed by atoms with E-state index >= 15 is 0 Å². The predicted octanol–water partition coefficient (Wildman–Crippen LogP) is 0.455. The average molecular weight is 255 g/mol. The van der Waals surface area contributed by atoms with Gasteiger partial charge in [-0.15, -0.1) is 0 Å². The Morgan fingerprint density at radius 2 is 1.89 bits per heavy atom. The summed E-state index contributed by atoms with van der Waals surface area (Å²) in [6.07, 6.45) is 2.70. The average Bonchev–Trinajstić information content (AvgIpc) is 2.83. The van der Waals surface area contributed by atoms with E-state index < -0.39 is 0 Å². The van der Waals surface area contributed by atoms with Crippen LogP contribution >= 0.6 is 0 Å². The van der Waals surface area contributed by atoms with E-state index in [1.54, 1.807) is 16.8 Å². The Balaban J connectivity index is 2.36. The monoisotopic (exact) mass is 255 g/mol. The van der Waals surface area contributed by atoms with Crippen molar-refractivity contribution in [1.82, 2.24) is 15.1 Å². The van der Waals surface area contributed by atoms with Gasteiger partial charge in [-0.25, -0.2) is 0 Å². The van der Waals surface area contributed by atoms with Gasteiger partial charge in [-0.05, 0) is 33.2 Å². The first-order chi connectivity index (χ1) is 8.58. The van der Waals surface area contributed by atoms with Gasteiger partial charge in [0.25, 0.3) is 0 Å². The Kier molecular flexibility index (Phi) is 6.12. The maximum atomic E-state index is 11.9. The lowest BCUT2D eigenvalue weighted by Gasteiger charge is -2.24. The summed E-state index contributed by atoms with van der Waals surface area (Å²) in [7, 11) is 1.71. The molecule has 1 saturated heterocycles. The molecule has 1 aliphatic heterocycles. The first-order valence-corrected chi connectivity index (χ1v) is 6.83. The lowest BCUT2D eigenvalue weighted by Crippen LogP contribution is -2.42. The fourth-order valence-electron chi connectivity index (χ4n) is 2.26. The van der Waals surface area contributed by atoms with E-state index in [-0.39, 0.29) is 18.4 Å². The van der Waals surface area contributed by atoms with Gasteiger partial charge in [0.1, 0.15) is 0 Å². The van der Waals surface area contributed by atoms with Crippen molar-refractivity contribution in [2.24, 2.45) is 0 Å². The van der Waals surface area contributed by atoms with E-state index in [1.165, 1.54) is 0 Å². The summed E-state index contributed by atoms with van der Waals surface area (Å²) >= 11 is 0. The van der Waals surface area contributed by atoms with Crippen LogP contribution in [0.2, 0.25) is 0 Å². The van der Waals surface area contributed by atoms with E-state index in [2.05, 4.69) is 5.32 Å². The second kappa shape index (κ2) is 7.36. The van der Waals surface area contributed by atoms with E-state index in [9.17, 15) is 9.59 Å². The van der Waals surface area contributed by atoms with Gasteiger partial charge in [0.15, 0.2) is 0 Å². The molecule has 1 unspecified atom stereocenters. The lowest BCUT2D eigenvalue weighted by molar-refractivity contribution is -0.139. The second-order valence-electron chi connectivity index (χ2n) is 4.81. The van der Waals surface area contributed by atoms with Crippen LogP contribution in [0.25, 0.3) is 0 Å². The van der Waals surface area contributed by atoms with E-state index in [0.717, 1.165) is 19.4 Å². The van der Waals surface area contributed by atoms with Crippen molar-refractivity contribution < 1.29 is 9.59 Å². The molecule has 1 heterocycles. The van der Waals surface area contributed by atoms with Gasteiger partial charge in [-0.2, -0.15) is 0 Å². The van der Waals surface area contributed by atoms with Gasteiger partial charge >= 0.3 is 0 Å². The molecule has 1 fully saturated rings. The minimum atomic E-state index is 0.0234. The molecule has 5 nitrogen and oxygen atoms in total. The molecular formula is C13H25N3O2. The molecule has 0 aromatic heterocycles. The highest BCUT2D eigenvalue weighted by Crippen LogP contribution is 2.10. The Morgan fingerprint density at radius 1 is 1.22 bits per heavy atom. The summed E-state index contributed by atoms with van der Waals surface area (Å²) in [5.41, 5.74) is 0. The minimum absolute atomic E-state index is 0.0234. The smallest absolute Gasteiger partial charge is 0.242 e.